The molecule has 0 aliphatic rings. The maximum atomic E-state index is 12.0. The van der Waals surface area contributed by atoms with Gasteiger partial charge in [0.25, 0.3) is 0 Å². The van der Waals surface area contributed by atoms with Crippen molar-refractivity contribution in [2.24, 2.45) is 0 Å². The van der Waals surface area contributed by atoms with Gasteiger partial charge in [-0.3, -0.25) is 0 Å². The van der Waals surface area contributed by atoms with Crippen LogP contribution in [0.5, 0.6) is 0 Å². The molecule has 0 atom stereocenters. The van der Waals surface area contributed by atoms with Crippen LogP contribution >= 0.6 is 0 Å². The van der Waals surface area contributed by atoms with Crippen LogP contribution in [0.25, 0.3) is 0 Å². The standard InChI is InChI=1S/C16H15NO3/c1-10-5-3-4-6-13(10)15(18)20-16(19)14-8-7-12(17)9-11(14)2/h3-9H,17H2,1-2H3. The number of carbonyl (C=O) groups excluding carboxylic acids is 2. The first-order chi connectivity index (χ1) is 9.49. The second-order valence-electron chi connectivity index (χ2n) is 4.57. The minimum absolute atomic E-state index is 0.334. The van der Waals surface area contributed by atoms with Gasteiger partial charge in [-0.25, -0.2) is 9.59 Å². The summed E-state index contributed by atoms with van der Waals surface area (Å²) in [4.78, 5) is 23.9. The van der Waals surface area contributed by atoms with Crippen molar-refractivity contribution >= 4 is 17.6 Å². The number of carbonyl (C=O) groups is 2. The van der Waals surface area contributed by atoms with Crippen molar-refractivity contribution in [3.05, 3.63) is 64.7 Å². The SMILES string of the molecule is Cc1ccccc1C(=O)OC(=O)c1ccc(N)cc1C. The lowest BCUT2D eigenvalue weighted by molar-refractivity contribution is 0.0397. The van der Waals surface area contributed by atoms with E-state index in [0.717, 1.165) is 5.56 Å². The van der Waals surface area contributed by atoms with Crippen molar-refractivity contribution in [2.45, 2.75) is 13.8 Å². The molecule has 0 bridgehead atoms. The van der Waals surface area contributed by atoms with Gasteiger partial charge in [0.2, 0.25) is 0 Å². The van der Waals surface area contributed by atoms with Crippen molar-refractivity contribution in [2.75, 3.05) is 5.73 Å². The van der Waals surface area contributed by atoms with Gasteiger partial charge in [-0.2, -0.15) is 0 Å². The molecular weight excluding hydrogens is 254 g/mol. The zero-order valence-corrected chi connectivity index (χ0v) is 11.3. The van der Waals surface area contributed by atoms with Crippen LogP contribution < -0.4 is 5.73 Å². The van der Waals surface area contributed by atoms with E-state index in [1.165, 1.54) is 0 Å². The van der Waals surface area contributed by atoms with E-state index >= 15 is 0 Å². The topological polar surface area (TPSA) is 69.4 Å². The van der Waals surface area contributed by atoms with Crippen LogP contribution in [0.15, 0.2) is 42.5 Å². The van der Waals surface area contributed by atoms with E-state index in [4.69, 9.17) is 10.5 Å². The molecule has 0 aromatic heterocycles. The molecule has 0 amide bonds. The molecule has 4 nitrogen and oxygen atoms in total. The Morgan fingerprint density at radius 3 is 2.10 bits per heavy atom. The molecule has 0 fully saturated rings. The number of anilines is 1. The van der Waals surface area contributed by atoms with Crippen LogP contribution in [-0.4, -0.2) is 11.9 Å². The molecule has 0 heterocycles. The highest BCUT2D eigenvalue weighted by Gasteiger charge is 2.17. The van der Waals surface area contributed by atoms with E-state index < -0.39 is 11.9 Å². The molecule has 20 heavy (non-hydrogen) atoms. The fraction of sp³-hybridized carbons (Fsp3) is 0.125. The lowest BCUT2D eigenvalue weighted by Gasteiger charge is -2.07. The van der Waals surface area contributed by atoms with Crippen molar-refractivity contribution in [1.82, 2.24) is 0 Å². The second kappa shape index (κ2) is 5.57. The molecule has 0 radical (unpaired) electrons. The zero-order valence-electron chi connectivity index (χ0n) is 11.3. The van der Waals surface area contributed by atoms with E-state index in [9.17, 15) is 9.59 Å². The number of ether oxygens (including phenoxy) is 1. The predicted octanol–water partition coefficient (Wildman–Crippen LogP) is 2.88. The van der Waals surface area contributed by atoms with Crippen molar-refractivity contribution in [1.29, 1.82) is 0 Å². The summed E-state index contributed by atoms with van der Waals surface area (Å²) in [6, 6.07) is 11.8. The first kappa shape index (κ1) is 13.8. The lowest BCUT2D eigenvalue weighted by Crippen LogP contribution is -2.14. The van der Waals surface area contributed by atoms with Gasteiger partial charge in [-0.1, -0.05) is 18.2 Å². The molecule has 4 heteroatoms. The summed E-state index contributed by atoms with van der Waals surface area (Å²) in [7, 11) is 0. The van der Waals surface area contributed by atoms with Crippen molar-refractivity contribution in [3.63, 3.8) is 0 Å². The Hall–Kier alpha value is -2.62. The third kappa shape index (κ3) is 2.85. The summed E-state index contributed by atoms with van der Waals surface area (Å²) in [5, 5.41) is 0. The number of hydrogen-bond donors (Lipinski definition) is 1. The van der Waals surface area contributed by atoms with E-state index in [-0.39, 0.29) is 0 Å². The van der Waals surface area contributed by atoms with Crippen LogP contribution in [0, 0.1) is 13.8 Å². The Morgan fingerprint density at radius 2 is 1.50 bits per heavy atom. The highest BCUT2D eigenvalue weighted by molar-refractivity contribution is 6.03. The van der Waals surface area contributed by atoms with Crippen LogP contribution in [-0.2, 0) is 4.74 Å². The van der Waals surface area contributed by atoms with Gasteiger partial charge >= 0.3 is 11.9 Å². The van der Waals surface area contributed by atoms with Gasteiger partial charge in [0.1, 0.15) is 0 Å². The Bertz CT molecular complexity index is 677. The lowest BCUT2D eigenvalue weighted by atomic mass is 10.1. The molecule has 0 saturated carbocycles. The molecule has 2 aromatic rings. The number of benzene rings is 2. The summed E-state index contributed by atoms with van der Waals surface area (Å²) in [5.74, 6) is -1.32. The molecule has 102 valence electrons. The first-order valence-electron chi connectivity index (χ1n) is 6.17. The summed E-state index contributed by atoms with van der Waals surface area (Å²) < 4.78 is 4.91. The summed E-state index contributed by atoms with van der Waals surface area (Å²) in [5.41, 5.74) is 8.33. The summed E-state index contributed by atoms with van der Waals surface area (Å²) >= 11 is 0. The highest BCUT2D eigenvalue weighted by Crippen LogP contribution is 2.15. The molecule has 2 aromatic carbocycles. The minimum atomic E-state index is -0.671. The van der Waals surface area contributed by atoms with Gasteiger partial charge in [0.05, 0.1) is 11.1 Å². The largest absolute Gasteiger partial charge is 0.399 e. The highest BCUT2D eigenvalue weighted by atomic mass is 16.6. The van der Waals surface area contributed by atoms with Crippen LogP contribution in [0.4, 0.5) is 5.69 Å². The van der Waals surface area contributed by atoms with Gasteiger partial charge in [0.15, 0.2) is 0 Å². The number of esters is 2. The Balaban J connectivity index is 2.20. The van der Waals surface area contributed by atoms with E-state index in [1.807, 2.05) is 6.07 Å². The fourth-order valence-corrected chi connectivity index (χ4v) is 1.91. The maximum absolute atomic E-state index is 12.0. The third-order valence-electron chi connectivity index (χ3n) is 3.02. The van der Waals surface area contributed by atoms with Crippen molar-refractivity contribution < 1.29 is 14.3 Å². The summed E-state index contributed by atoms with van der Waals surface area (Å²) in [6.45, 7) is 3.53. The van der Waals surface area contributed by atoms with E-state index in [1.54, 1.807) is 50.2 Å². The minimum Gasteiger partial charge on any atom is -0.399 e. The fourth-order valence-electron chi connectivity index (χ4n) is 1.91. The van der Waals surface area contributed by atoms with Gasteiger partial charge in [-0.05, 0) is 49.2 Å². The monoisotopic (exact) mass is 269 g/mol. The quantitative estimate of drug-likeness (QED) is 0.517. The number of hydrogen-bond acceptors (Lipinski definition) is 4. The molecule has 0 unspecified atom stereocenters. The number of rotatable bonds is 2. The molecule has 0 aliphatic carbocycles. The smallest absolute Gasteiger partial charge is 0.346 e. The van der Waals surface area contributed by atoms with E-state index in [0.29, 0.717) is 22.4 Å². The second-order valence-corrected chi connectivity index (χ2v) is 4.57. The summed E-state index contributed by atoms with van der Waals surface area (Å²) in [6.07, 6.45) is 0. The van der Waals surface area contributed by atoms with Crippen LogP contribution in [0.1, 0.15) is 31.8 Å². The Morgan fingerprint density at radius 1 is 0.900 bits per heavy atom. The maximum Gasteiger partial charge on any atom is 0.346 e. The predicted molar refractivity (Wildman–Crippen MR) is 76.5 cm³/mol. The number of aryl methyl sites for hydroxylation is 2. The third-order valence-corrected chi connectivity index (χ3v) is 3.02. The van der Waals surface area contributed by atoms with Gasteiger partial charge < -0.3 is 10.5 Å². The average molecular weight is 269 g/mol. The number of nitrogens with two attached hydrogens (primary N) is 1. The normalized spacial score (nSPS) is 10.1. The molecular formula is C16H15NO3. The van der Waals surface area contributed by atoms with Crippen molar-refractivity contribution in [3.8, 4) is 0 Å². The van der Waals surface area contributed by atoms with Crippen LogP contribution in [0.2, 0.25) is 0 Å². The number of nitrogen functional groups attached to an aromatic ring is 1. The molecule has 0 spiro atoms. The van der Waals surface area contributed by atoms with Gasteiger partial charge in [0, 0.05) is 5.69 Å². The zero-order chi connectivity index (χ0) is 14.7. The molecule has 0 aliphatic heterocycles. The molecule has 0 saturated heterocycles. The van der Waals surface area contributed by atoms with E-state index in [2.05, 4.69) is 0 Å². The Labute approximate surface area is 117 Å². The average Bonchev–Trinajstić information content (AvgIpc) is 2.38. The van der Waals surface area contributed by atoms with Crippen LogP contribution in [0.3, 0.4) is 0 Å². The Kier molecular flexibility index (Phi) is 3.84. The van der Waals surface area contributed by atoms with Gasteiger partial charge in [-0.15, -0.1) is 0 Å². The molecule has 2 rings (SSSR count). The first-order valence-corrected chi connectivity index (χ1v) is 6.17. The molecule has 2 N–H and O–H groups in total.